The molecule has 0 aliphatic carbocycles. The summed E-state index contributed by atoms with van der Waals surface area (Å²) in [6.07, 6.45) is -0.660. The van der Waals surface area contributed by atoms with Crippen LogP contribution in [0.5, 0.6) is 5.75 Å². The van der Waals surface area contributed by atoms with Gasteiger partial charge in [0, 0.05) is 51.2 Å². The van der Waals surface area contributed by atoms with Crippen LogP contribution in [0, 0.1) is 17.8 Å². The van der Waals surface area contributed by atoms with Crippen molar-refractivity contribution in [3.05, 3.63) is 47.8 Å². The predicted octanol–water partition coefficient (Wildman–Crippen LogP) is 3.95. The number of anilines is 1. The number of piperidine rings is 1. The monoisotopic (exact) mass is 649 g/mol. The Morgan fingerprint density at radius 2 is 1.98 bits per heavy atom. The minimum atomic E-state index is -4.49. The van der Waals surface area contributed by atoms with Gasteiger partial charge in [0.25, 0.3) is 5.91 Å². The standard InChI is InChI=1S/C31H38F3N5O5S/c1-21-18-38(12-6-14-43-2)13-10-25(21)37-30(40)24-15-22(16-27-29(24)36-20-39(27)19-31(32,33)34)7-5-11-35-26-17-23(45(4,41)42)8-9-28(26)44-3/h8-9,15-17,20-21,25,35H,6,10-14,18-19H2,1-4H3,(H,37,40)/t21-,25-/m0/s1. The van der Waals surface area contributed by atoms with Crippen LogP contribution in [0.15, 0.2) is 41.6 Å². The van der Waals surface area contributed by atoms with E-state index < -0.39 is 28.5 Å². The summed E-state index contributed by atoms with van der Waals surface area (Å²) in [4.78, 5) is 20.2. The summed E-state index contributed by atoms with van der Waals surface area (Å²) >= 11 is 0. The van der Waals surface area contributed by atoms with Crippen molar-refractivity contribution in [3.63, 3.8) is 0 Å². The largest absolute Gasteiger partial charge is 0.495 e. The van der Waals surface area contributed by atoms with Gasteiger partial charge in [-0.15, -0.1) is 0 Å². The van der Waals surface area contributed by atoms with Gasteiger partial charge < -0.3 is 29.6 Å². The van der Waals surface area contributed by atoms with Crippen molar-refractivity contribution in [1.82, 2.24) is 19.8 Å². The first-order valence-corrected chi connectivity index (χ1v) is 16.4. The van der Waals surface area contributed by atoms with Crippen LogP contribution in [0.1, 0.15) is 35.7 Å². The molecule has 14 heteroatoms. The summed E-state index contributed by atoms with van der Waals surface area (Å²) in [5, 5.41) is 6.10. The van der Waals surface area contributed by atoms with Crippen molar-refractivity contribution in [1.29, 1.82) is 0 Å². The third kappa shape index (κ3) is 9.12. The topological polar surface area (TPSA) is 115 Å². The van der Waals surface area contributed by atoms with Gasteiger partial charge in [-0.25, -0.2) is 13.4 Å². The molecule has 1 saturated heterocycles. The molecule has 1 aliphatic rings. The SMILES string of the molecule is COCCCN1CC[C@H](NC(=O)c2cc(C#CCNc3cc(S(C)(=O)=O)ccc3OC)cc3c2ncn3CC(F)(F)F)[C@@H](C)C1. The number of hydrogen-bond acceptors (Lipinski definition) is 8. The molecule has 2 heterocycles. The van der Waals surface area contributed by atoms with Gasteiger partial charge >= 0.3 is 6.18 Å². The summed E-state index contributed by atoms with van der Waals surface area (Å²) in [5.74, 6) is 5.97. The summed E-state index contributed by atoms with van der Waals surface area (Å²) in [5.41, 5.74) is 1.18. The fraction of sp³-hybridized carbons (Fsp3) is 0.484. The Morgan fingerprint density at radius 1 is 1.20 bits per heavy atom. The van der Waals surface area contributed by atoms with Crippen molar-refractivity contribution in [3.8, 4) is 17.6 Å². The molecule has 1 aromatic heterocycles. The minimum absolute atomic E-state index is 0.0609. The first kappa shape index (κ1) is 34.1. The number of benzene rings is 2. The van der Waals surface area contributed by atoms with Crippen LogP contribution in [0.25, 0.3) is 11.0 Å². The Labute approximate surface area is 261 Å². The van der Waals surface area contributed by atoms with Crippen molar-refractivity contribution < 1.29 is 35.9 Å². The number of rotatable bonds is 11. The second-order valence-electron chi connectivity index (χ2n) is 11.2. The lowest BCUT2D eigenvalue weighted by Gasteiger charge is -2.37. The van der Waals surface area contributed by atoms with Crippen LogP contribution in [-0.2, 0) is 21.1 Å². The Morgan fingerprint density at radius 3 is 2.64 bits per heavy atom. The lowest BCUT2D eigenvalue weighted by atomic mass is 9.93. The van der Waals surface area contributed by atoms with E-state index in [1.807, 2.05) is 0 Å². The van der Waals surface area contributed by atoms with Gasteiger partial charge in [-0.1, -0.05) is 18.8 Å². The Hall–Kier alpha value is -3.80. The van der Waals surface area contributed by atoms with Crippen LogP contribution in [0.4, 0.5) is 18.9 Å². The highest BCUT2D eigenvalue weighted by Crippen LogP contribution is 2.28. The number of nitrogens with zero attached hydrogens (tertiary/aromatic N) is 3. The number of fused-ring (bicyclic) bond motifs is 1. The second-order valence-corrected chi connectivity index (χ2v) is 13.2. The van der Waals surface area contributed by atoms with E-state index in [0.717, 1.165) is 49.6 Å². The van der Waals surface area contributed by atoms with Gasteiger partial charge in [0.2, 0.25) is 0 Å². The minimum Gasteiger partial charge on any atom is -0.495 e. The van der Waals surface area contributed by atoms with Crippen LogP contribution < -0.4 is 15.4 Å². The molecule has 1 amide bonds. The summed E-state index contributed by atoms with van der Waals surface area (Å²) < 4.78 is 75.4. The van der Waals surface area contributed by atoms with Gasteiger partial charge in [-0.3, -0.25) is 4.79 Å². The third-order valence-corrected chi connectivity index (χ3v) is 8.76. The molecule has 0 unspecified atom stereocenters. The molecule has 0 bridgehead atoms. The van der Waals surface area contributed by atoms with E-state index in [1.54, 1.807) is 7.11 Å². The van der Waals surface area contributed by atoms with E-state index in [1.165, 1.54) is 37.4 Å². The summed E-state index contributed by atoms with van der Waals surface area (Å²) in [6.45, 7) is 4.06. The molecule has 4 rings (SSSR count). The number of sulfone groups is 1. The number of methoxy groups -OCH3 is 2. The van der Waals surface area contributed by atoms with Gasteiger partial charge in [0.1, 0.15) is 17.8 Å². The summed E-state index contributed by atoms with van der Waals surface area (Å²) in [7, 11) is -0.335. The number of aromatic nitrogens is 2. The number of hydrogen-bond donors (Lipinski definition) is 2. The van der Waals surface area contributed by atoms with Crippen molar-refractivity contribution in [2.24, 2.45) is 5.92 Å². The van der Waals surface area contributed by atoms with Crippen molar-refractivity contribution in [2.45, 2.75) is 43.4 Å². The molecule has 3 aromatic rings. The zero-order valence-electron chi connectivity index (χ0n) is 25.7. The molecule has 0 spiro atoms. The number of carbonyl (C=O) groups is 1. The molecule has 45 heavy (non-hydrogen) atoms. The van der Waals surface area contributed by atoms with Crippen LogP contribution in [-0.4, -0.2) is 94.3 Å². The summed E-state index contributed by atoms with van der Waals surface area (Å²) in [6, 6.07) is 7.29. The van der Waals surface area contributed by atoms with Crippen molar-refractivity contribution in [2.75, 3.05) is 58.6 Å². The molecule has 2 atom stereocenters. The van der Waals surface area contributed by atoms with Crippen LogP contribution in [0.3, 0.4) is 0 Å². The smallest absolute Gasteiger partial charge is 0.406 e. The molecule has 1 fully saturated rings. The Bertz CT molecular complexity index is 1680. The maximum Gasteiger partial charge on any atom is 0.406 e. The lowest BCUT2D eigenvalue weighted by molar-refractivity contribution is -0.139. The number of likely N-dealkylation sites (tertiary alicyclic amines) is 1. The maximum atomic E-state index is 13.6. The van der Waals surface area contributed by atoms with Gasteiger partial charge in [-0.2, -0.15) is 13.2 Å². The molecule has 2 aromatic carbocycles. The van der Waals surface area contributed by atoms with E-state index in [0.29, 0.717) is 23.6 Å². The van der Waals surface area contributed by atoms with E-state index in [4.69, 9.17) is 9.47 Å². The zero-order chi connectivity index (χ0) is 32.8. The zero-order valence-corrected chi connectivity index (χ0v) is 26.5. The first-order valence-electron chi connectivity index (χ1n) is 14.5. The predicted molar refractivity (Wildman–Crippen MR) is 165 cm³/mol. The van der Waals surface area contributed by atoms with E-state index >= 15 is 0 Å². The molecule has 0 saturated carbocycles. The highest BCUT2D eigenvalue weighted by molar-refractivity contribution is 7.90. The van der Waals surface area contributed by atoms with Gasteiger partial charge in [0.05, 0.1) is 41.6 Å². The van der Waals surface area contributed by atoms with Gasteiger partial charge in [0.15, 0.2) is 9.84 Å². The third-order valence-electron chi connectivity index (χ3n) is 7.65. The average Bonchev–Trinajstić information content (AvgIpc) is 3.36. The molecule has 1 aliphatic heterocycles. The van der Waals surface area contributed by atoms with E-state index in [9.17, 15) is 26.4 Å². The molecule has 10 nitrogen and oxygen atoms in total. The lowest BCUT2D eigenvalue weighted by Crippen LogP contribution is -2.50. The fourth-order valence-electron chi connectivity index (χ4n) is 5.40. The van der Waals surface area contributed by atoms with Crippen molar-refractivity contribution >= 4 is 32.5 Å². The van der Waals surface area contributed by atoms with Crippen LogP contribution in [0.2, 0.25) is 0 Å². The molecular formula is C31H38F3N5O5S. The molecular weight excluding hydrogens is 611 g/mol. The van der Waals surface area contributed by atoms with Crippen LogP contribution >= 0.6 is 0 Å². The highest BCUT2D eigenvalue weighted by atomic mass is 32.2. The van der Waals surface area contributed by atoms with E-state index in [2.05, 4.69) is 39.3 Å². The van der Waals surface area contributed by atoms with E-state index in [-0.39, 0.29) is 40.0 Å². The average molecular weight is 650 g/mol. The molecule has 0 radical (unpaired) electrons. The fourth-order valence-corrected chi connectivity index (χ4v) is 6.04. The second kappa shape index (κ2) is 14.5. The normalized spacial score (nSPS) is 17.5. The maximum absolute atomic E-state index is 13.6. The molecule has 2 N–H and O–H groups in total. The number of alkyl halides is 3. The number of amides is 1. The van der Waals surface area contributed by atoms with Gasteiger partial charge in [-0.05, 0) is 49.1 Å². The highest BCUT2D eigenvalue weighted by Gasteiger charge is 2.31. The number of ether oxygens (including phenoxy) is 2. The Balaban J connectivity index is 1.57. The number of carbonyl (C=O) groups excluding carboxylic acids is 1. The number of halogens is 3. The number of nitrogens with one attached hydrogen (secondary N) is 2. The Kier molecular flexibility index (Phi) is 11.0. The first-order chi connectivity index (χ1) is 21.3. The molecule has 244 valence electrons. The quantitative estimate of drug-likeness (QED) is 0.237. The number of imidazole rings is 1.